The van der Waals surface area contributed by atoms with Gasteiger partial charge in [-0.25, -0.2) is 9.67 Å². The van der Waals surface area contributed by atoms with Crippen molar-refractivity contribution in [1.82, 2.24) is 9.78 Å². The van der Waals surface area contributed by atoms with Crippen LogP contribution in [0, 0.1) is 13.8 Å². The third kappa shape index (κ3) is 5.20. The number of ether oxygens (including phenoxy) is 2. The number of nitrogens with zero attached hydrogens (tertiary/aromatic N) is 3. The van der Waals surface area contributed by atoms with Crippen LogP contribution in [0.5, 0.6) is 17.2 Å². The molecule has 4 aromatic carbocycles. The Hall–Kier alpha value is -4.64. The van der Waals surface area contributed by atoms with Gasteiger partial charge in [-0.2, -0.15) is 5.10 Å². The molecule has 5 heteroatoms. The summed E-state index contributed by atoms with van der Waals surface area (Å²) in [7, 11) is 1.63. The lowest BCUT2D eigenvalue weighted by molar-refractivity contribution is 0.379. The van der Waals surface area contributed by atoms with E-state index in [-0.39, 0.29) is 0 Å². The standard InChI is InChI=1S/C31H27N3O2/c1-22-9-14-25(15-10-22)28-20-31(34(33-28)26-16-11-23(2)12-17-26)32-21-24-13-18-29(30(19-24)35-3)36-27-7-5-4-6-8-27/h4-21H,1-3H3. The molecule has 5 rings (SSSR count). The molecule has 0 bridgehead atoms. The summed E-state index contributed by atoms with van der Waals surface area (Å²) in [6.07, 6.45) is 1.81. The largest absolute Gasteiger partial charge is 0.493 e. The second-order valence-corrected chi connectivity index (χ2v) is 8.58. The summed E-state index contributed by atoms with van der Waals surface area (Å²) in [5.74, 6) is 2.77. The van der Waals surface area contributed by atoms with Crippen molar-refractivity contribution >= 4 is 12.0 Å². The van der Waals surface area contributed by atoms with Crippen molar-refractivity contribution in [3.63, 3.8) is 0 Å². The zero-order chi connectivity index (χ0) is 24.9. The van der Waals surface area contributed by atoms with Gasteiger partial charge in [-0.15, -0.1) is 0 Å². The second kappa shape index (κ2) is 10.3. The number of aliphatic imine (C=N–C) groups is 1. The summed E-state index contributed by atoms with van der Waals surface area (Å²) < 4.78 is 13.4. The van der Waals surface area contributed by atoms with Gasteiger partial charge in [0.05, 0.1) is 18.5 Å². The highest BCUT2D eigenvalue weighted by molar-refractivity contribution is 5.83. The number of hydrogen-bond donors (Lipinski definition) is 0. The maximum absolute atomic E-state index is 5.98. The highest BCUT2D eigenvalue weighted by Crippen LogP contribution is 2.32. The zero-order valence-corrected chi connectivity index (χ0v) is 20.6. The molecule has 1 aromatic heterocycles. The molecule has 0 spiro atoms. The molecule has 0 N–H and O–H groups in total. The van der Waals surface area contributed by atoms with Crippen LogP contribution in [0.25, 0.3) is 16.9 Å². The third-order valence-corrected chi connectivity index (χ3v) is 5.82. The summed E-state index contributed by atoms with van der Waals surface area (Å²) in [6.45, 7) is 4.15. The normalized spacial score (nSPS) is 11.1. The number of para-hydroxylation sites is 1. The minimum atomic E-state index is 0.634. The van der Waals surface area contributed by atoms with E-state index in [0.29, 0.717) is 11.5 Å². The first-order chi connectivity index (χ1) is 17.6. The van der Waals surface area contributed by atoms with Gasteiger partial charge in [0, 0.05) is 17.8 Å². The number of benzene rings is 4. The van der Waals surface area contributed by atoms with Crippen LogP contribution in [0.15, 0.2) is 108 Å². The lowest BCUT2D eigenvalue weighted by Gasteiger charge is -2.10. The third-order valence-electron chi connectivity index (χ3n) is 5.82. The van der Waals surface area contributed by atoms with Gasteiger partial charge in [0.15, 0.2) is 17.3 Å². The summed E-state index contributed by atoms with van der Waals surface area (Å²) in [5, 5.41) is 4.88. The van der Waals surface area contributed by atoms with E-state index in [1.54, 1.807) is 7.11 Å². The van der Waals surface area contributed by atoms with Gasteiger partial charge in [0.25, 0.3) is 0 Å². The monoisotopic (exact) mass is 473 g/mol. The molecular weight excluding hydrogens is 446 g/mol. The zero-order valence-electron chi connectivity index (χ0n) is 20.6. The Morgan fingerprint density at radius 2 is 1.44 bits per heavy atom. The minimum Gasteiger partial charge on any atom is -0.493 e. The van der Waals surface area contributed by atoms with E-state index in [1.165, 1.54) is 11.1 Å². The molecule has 0 amide bonds. The fraction of sp³-hybridized carbons (Fsp3) is 0.0968. The highest BCUT2D eigenvalue weighted by Gasteiger charge is 2.11. The average Bonchev–Trinajstić information content (AvgIpc) is 3.33. The Morgan fingerprint density at radius 3 is 2.14 bits per heavy atom. The van der Waals surface area contributed by atoms with E-state index in [1.807, 2.05) is 65.5 Å². The van der Waals surface area contributed by atoms with Crippen molar-refractivity contribution in [2.75, 3.05) is 7.11 Å². The van der Waals surface area contributed by atoms with Crippen molar-refractivity contribution in [1.29, 1.82) is 0 Å². The molecule has 0 radical (unpaired) electrons. The molecule has 36 heavy (non-hydrogen) atoms. The number of hydrogen-bond acceptors (Lipinski definition) is 4. The summed E-state index contributed by atoms with van der Waals surface area (Å²) in [4.78, 5) is 4.81. The van der Waals surface area contributed by atoms with Gasteiger partial charge in [0.1, 0.15) is 5.75 Å². The number of rotatable bonds is 7. The van der Waals surface area contributed by atoms with E-state index in [9.17, 15) is 0 Å². The number of aryl methyl sites for hydroxylation is 2. The van der Waals surface area contributed by atoms with Crippen molar-refractivity contribution < 1.29 is 9.47 Å². The van der Waals surface area contributed by atoms with E-state index >= 15 is 0 Å². The molecule has 0 fully saturated rings. The van der Waals surface area contributed by atoms with Gasteiger partial charge < -0.3 is 9.47 Å². The lowest BCUT2D eigenvalue weighted by Crippen LogP contribution is -1.97. The van der Waals surface area contributed by atoms with Gasteiger partial charge >= 0.3 is 0 Å². The molecule has 0 atom stereocenters. The molecule has 0 aliphatic heterocycles. The predicted molar refractivity (Wildman–Crippen MR) is 145 cm³/mol. The molecule has 0 saturated carbocycles. The van der Waals surface area contributed by atoms with Gasteiger partial charge in [-0.05, 0) is 61.9 Å². The first-order valence-electron chi connectivity index (χ1n) is 11.8. The van der Waals surface area contributed by atoms with Crippen LogP contribution in [0.3, 0.4) is 0 Å². The lowest BCUT2D eigenvalue weighted by atomic mass is 10.1. The van der Waals surface area contributed by atoms with Crippen LogP contribution in [0.1, 0.15) is 16.7 Å². The molecule has 0 saturated heterocycles. The van der Waals surface area contributed by atoms with Crippen molar-refractivity contribution in [3.05, 3.63) is 120 Å². The molecule has 0 aliphatic carbocycles. The van der Waals surface area contributed by atoms with E-state index in [0.717, 1.165) is 34.1 Å². The van der Waals surface area contributed by atoms with Crippen LogP contribution in [0.2, 0.25) is 0 Å². The Kier molecular flexibility index (Phi) is 6.63. The Balaban J connectivity index is 1.48. The van der Waals surface area contributed by atoms with Crippen molar-refractivity contribution in [2.24, 2.45) is 4.99 Å². The maximum atomic E-state index is 5.98. The number of methoxy groups -OCH3 is 1. The first kappa shape index (κ1) is 23.1. The van der Waals surface area contributed by atoms with Gasteiger partial charge in [-0.1, -0.05) is 65.7 Å². The molecule has 0 unspecified atom stereocenters. The summed E-state index contributed by atoms with van der Waals surface area (Å²) in [5.41, 5.74) is 6.17. The van der Waals surface area contributed by atoms with Crippen LogP contribution < -0.4 is 9.47 Å². The molecule has 0 aliphatic rings. The minimum absolute atomic E-state index is 0.634. The summed E-state index contributed by atoms with van der Waals surface area (Å²) in [6, 6.07) is 34.0. The average molecular weight is 474 g/mol. The molecule has 178 valence electrons. The molecular formula is C31H27N3O2. The van der Waals surface area contributed by atoms with E-state index < -0.39 is 0 Å². The van der Waals surface area contributed by atoms with Crippen LogP contribution >= 0.6 is 0 Å². The van der Waals surface area contributed by atoms with Crippen molar-refractivity contribution in [2.45, 2.75) is 13.8 Å². The quantitative estimate of drug-likeness (QED) is 0.228. The molecule has 5 aromatic rings. The Bertz CT molecular complexity index is 1490. The van der Waals surface area contributed by atoms with Crippen molar-refractivity contribution in [3.8, 4) is 34.2 Å². The van der Waals surface area contributed by atoms with E-state index in [4.69, 9.17) is 19.6 Å². The topological polar surface area (TPSA) is 48.6 Å². The highest BCUT2D eigenvalue weighted by atomic mass is 16.5. The van der Waals surface area contributed by atoms with Crippen LogP contribution in [0.4, 0.5) is 5.82 Å². The fourth-order valence-electron chi connectivity index (χ4n) is 3.81. The fourth-order valence-corrected chi connectivity index (χ4v) is 3.81. The van der Waals surface area contributed by atoms with Gasteiger partial charge in [0.2, 0.25) is 0 Å². The SMILES string of the molecule is COc1cc(C=Nc2cc(-c3ccc(C)cc3)nn2-c2ccc(C)cc2)ccc1Oc1ccccc1. The van der Waals surface area contributed by atoms with Crippen LogP contribution in [-0.4, -0.2) is 23.1 Å². The first-order valence-corrected chi connectivity index (χ1v) is 11.8. The Morgan fingerprint density at radius 1 is 0.750 bits per heavy atom. The van der Waals surface area contributed by atoms with Crippen LogP contribution in [-0.2, 0) is 0 Å². The van der Waals surface area contributed by atoms with E-state index in [2.05, 4.69) is 62.4 Å². The Labute approximate surface area is 211 Å². The molecule has 1 heterocycles. The molecule has 5 nitrogen and oxygen atoms in total. The second-order valence-electron chi connectivity index (χ2n) is 8.58. The number of aromatic nitrogens is 2. The van der Waals surface area contributed by atoms with Gasteiger partial charge in [-0.3, -0.25) is 0 Å². The maximum Gasteiger partial charge on any atom is 0.169 e. The smallest absolute Gasteiger partial charge is 0.169 e. The summed E-state index contributed by atoms with van der Waals surface area (Å²) >= 11 is 0. The predicted octanol–water partition coefficient (Wildman–Crippen LogP) is 7.71.